The van der Waals surface area contributed by atoms with Crippen molar-refractivity contribution in [1.82, 2.24) is 10.3 Å². The van der Waals surface area contributed by atoms with Crippen LogP contribution in [-0.4, -0.2) is 36.2 Å². The first kappa shape index (κ1) is 18.0. The van der Waals surface area contributed by atoms with E-state index in [0.29, 0.717) is 23.7 Å². The van der Waals surface area contributed by atoms with Gasteiger partial charge in [0.25, 0.3) is 0 Å². The summed E-state index contributed by atoms with van der Waals surface area (Å²) in [6, 6.07) is 3.16. The molecule has 132 valence electrons. The van der Waals surface area contributed by atoms with Gasteiger partial charge in [0, 0.05) is 19.0 Å². The Kier molecular flexibility index (Phi) is 5.64. The highest BCUT2D eigenvalue weighted by molar-refractivity contribution is 5.90. The van der Waals surface area contributed by atoms with E-state index < -0.39 is 6.09 Å². The molecule has 1 N–H and O–H groups in total. The Bertz CT molecular complexity index is 618. The second-order valence-electron chi connectivity index (χ2n) is 6.11. The number of aromatic nitrogens is 1. The van der Waals surface area contributed by atoms with E-state index in [1.54, 1.807) is 17.0 Å². The molecule has 2 amide bonds. The van der Waals surface area contributed by atoms with E-state index in [-0.39, 0.29) is 24.1 Å². The molecule has 0 unspecified atom stereocenters. The monoisotopic (exact) mass is 335 g/mol. The molecule has 1 aliphatic rings. The molecule has 0 radical (unpaired) electrons. The summed E-state index contributed by atoms with van der Waals surface area (Å²) in [6.45, 7) is 7.11. The van der Waals surface area contributed by atoms with Crippen LogP contribution in [0.4, 0.5) is 10.5 Å². The fraction of sp³-hybridized carbons (Fsp3) is 0.588. The van der Waals surface area contributed by atoms with E-state index in [9.17, 15) is 9.59 Å². The van der Waals surface area contributed by atoms with Crippen molar-refractivity contribution in [3.8, 4) is 5.88 Å². The van der Waals surface area contributed by atoms with Crippen LogP contribution in [-0.2, 0) is 9.53 Å². The summed E-state index contributed by atoms with van der Waals surface area (Å²) in [5.74, 6) is 0.305. The highest BCUT2D eigenvalue weighted by atomic mass is 16.6. The molecule has 2 heterocycles. The van der Waals surface area contributed by atoms with Gasteiger partial charge in [-0.25, -0.2) is 9.78 Å². The van der Waals surface area contributed by atoms with Gasteiger partial charge in [-0.1, -0.05) is 6.92 Å². The Labute approximate surface area is 142 Å². The Balaban J connectivity index is 2.48. The number of carbonyl (C=O) groups is 2. The predicted octanol–water partition coefficient (Wildman–Crippen LogP) is 2.80. The summed E-state index contributed by atoms with van der Waals surface area (Å²) in [5, 5.41) is 2.92. The number of amides is 2. The normalized spacial score (nSPS) is 19.7. The van der Waals surface area contributed by atoms with Crippen LogP contribution in [0.2, 0.25) is 0 Å². The fourth-order valence-corrected chi connectivity index (χ4v) is 2.94. The highest BCUT2D eigenvalue weighted by Gasteiger charge is 2.38. The molecule has 0 fully saturated rings. The van der Waals surface area contributed by atoms with Gasteiger partial charge in [-0.3, -0.25) is 9.69 Å². The molecule has 0 bridgehead atoms. The molecule has 0 aliphatic carbocycles. The maximum absolute atomic E-state index is 12.6. The summed E-state index contributed by atoms with van der Waals surface area (Å²) >= 11 is 0. The minimum absolute atomic E-state index is 0.0733. The molecule has 2 atom stereocenters. The number of nitrogens with one attached hydrogen (secondary N) is 1. The largest absolute Gasteiger partial charge is 0.481 e. The van der Waals surface area contributed by atoms with E-state index in [4.69, 9.17) is 9.47 Å². The molecule has 1 aliphatic heterocycles. The number of methoxy groups -OCH3 is 1. The zero-order chi connectivity index (χ0) is 17.9. The molecule has 1 aromatic heterocycles. The Morgan fingerprint density at radius 3 is 2.67 bits per heavy atom. The third-order valence-electron chi connectivity index (χ3n) is 3.93. The van der Waals surface area contributed by atoms with Gasteiger partial charge in [0.05, 0.1) is 30.6 Å². The van der Waals surface area contributed by atoms with E-state index in [1.165, 1.54) is 14.0 Å². The van der Waals surface area contributed by atoms with Crippen LogP contribution in [0.25, 0.3) is 0 Å². The lowest BCUT2D eigenvalue weighted by Crippen LogP contribution is -2.48. The number of nitrogens with zero attached hydrogens (tertiary/aromatic N) is 2. The van der Waals surface area contributed by atoms with Crippen molar-refractivity contribution < 1.29 is 19.1 Å². The van der Waals surface area contributed by atoms with Crippen LogP contribution < -0.4 is 15.0 Å². The van der Waals surface area contributed by atoms with Crippen LogP contribution in [0.3, 0.4) is 0 Å². The Morgan fingerprint density at radius 2 is 2.12 bits per heavy atom. The summed E-state index contributed by atoms with van der Waals surface area (Å²) in [7, 11) is 1.53. The van der Waals surface area contributed by atoms with E-state index >= 15 is 0 Å². The van der Waals surface area contributed by atoms with Crippen LogP contribution in [0.15, 0.2) is 12.1 Å². The molecule has 2 rings (SSSR count). The molecule has 24 heavy (non-hydrogen) atoms. The van der Waals surface area contributed by atoms with Crippen molar-refractivity contribution in [3.63, 3.8) is 0 Å². The van der Waals surface area contributed by atoms with E-state index in [1.807, 2.05) is 20.8 Å². The summed E-state index contributed by atoms with van der Waals surface area (Å²) in [5.41, 5.74) is 1.27. The molecule has 1 aromatic rings. The number of pyridine rings is 1. The Morgan fingerprint density at radius 1 is 1.42 bits per heavy atom. The van der Waals surface area contributed by atoms with Gasteiger partial charge in [0.1, 0.15) is 0 Å². The summed E-state index contributed by atoms with van der Waals surface area (Å²) < 4.78 is 10.6. The minimum atomic E-state index is -0.397. The third kappa shape index (κ3) is 3.77. The molecular weight excluding hydrogens is 310 g/mol. The third-order valence-corrected chi connectivity index (χ3v) is 3.93. The maximum Gasteiger partial charge on any atom is 0.414 e. The van der Waals surface area contributed by atoms with Gasteiger partial charge in [0.2, 0.25) is 11.8 Å². The maximum atomic E-state index is 12.6. The lowest BCUT2D eigenvalue weighted by Gasteiger charge is -2.39. The first-order chi connectivity index (χ1) is 11.4. The minimum Gasteiger partial charge on any atom is -0.481 e. The van der Waals surface area contributed by atoms with Crippen LogP contribution in [0, 0.1) is 0 Å². The number of carbonyl (C=O) groups excluding carboxylic acids is 2. The SMILES string of the molecule is CC[C@@H]1C[C@H](NC(C)=O)c2nc(OC)ccc2N1C(=O)OC(C)C. The van der Waals surface area contributed by atoms with Crippen molar-refractivity contribution in [1.29, 1.82) is 0 Å². The van der Waals surface area contributed by atoms with Crippen LogP contribution in [0.5, 0.6) is 5.88 Å². The highest BCUT2D eigenvalue weighted by Crippen LogP contribution is 2.38. The topological polar surface area (TPSA) is 80.8 Å². The standard InChI is InChI=1S/C17H25N3O4/c1-6-12-9-13(18-11(4)21)16-14(7-8-15(19-16)23-5)20(12)17(22)24-10(2)3/h7-8,10,12-13H,6,9H2,1-5H3,(H,18,21)/t12-,13+/m1/s1. The van der Waals surface area contributed by atoms with E-state index in [2.05, 4.69) is 10.3 Å². The quantitative estimate of drug-likeness (QED) is 0.915. The van der Waals surface area contributed by atoms with Crippen LogP contribution >= 0.6 is 0 Å². The first-order valence-electron chi connectivity index (χ1n) is 8.19. The second-order valence-corrected chi connectivity index (χ2v) is 6.11. The van der Waals surface area contributed by atoms with Gasteiger partial charge in [0.15, 0.2) is 0 Å². The molecule has 0 saturated carbocycles. The molecule has 7 nitrogen and oxygen atoms in total. The number of hydrogen-bond acceptors (Lipinski definition) is 5. The smallest absolute Gasteiger partial charge is 0.414 e. The lowest BCUT2D eigenvalue weighted by atomic mass is 9.93. The average molecular weight is 335 g/mol. The van der Waals surface area contributed by atoms with Crippen LogP contribution in [0.1, 0.15) is 52.3 Å². The number of rotatable bonds is 4. The molecule has 7 heteroatoms. The molecule has 0 spiro atoms. The van der Waals surface area contributed by atoms with Gasteiger partial charge >= 0.3 is 6.09 Å². The first-order valence-corrected chi connectivity index (χ1v) is 8.19. The number of fused-ring (bicyclic) bond motifs is 1. The van der Waals surface area contributed by atoms with Gasteiger partial charge < -0.3 is 14.8 Å². The number of hydrogen-bond donors (Lipinski definition) is 1. The summed E-state index contributed by atoms with van der Waals surface area (Å²) in [4.78, 5) is 30.2. The Hall–Kier alpha value is -2.31. The number of ether oxygens (including phenoxy) is 2. The predicted molar refractivity (Wildman–Crippen MR) is 90.1 cm³/mol. The van der Waals surface area contributed by atoms with E-state index in [0.717, 1.165) is 6.42 Å². The van der Waals surface area contributed by atoms with Gasteiger partial charge in [-0.05, 0) is 32.8 Å². The van der Waals surface area contributed by atoms with Crippen molar-refractivity contribution >= 4 is 17.7 Å². The zero-order valence-corrected chi connectivity index (χ0v) is 14.8. The molecule has 0 saturated heterocycles. The lowest BCUT2D eigenvalue weighted by molar-refractivity contribution is -0.119. The van der Waals surface area contributed by atoms with Crippen molar-refractivity contribution in [2.45, 2.75) is 58.7 Å². The van der Waals surface area contributed by atoms with Crippen molar-refractivity contribution in [3.05, 3.63) is 17.8 Å². The fourth-order valence-electron chi connectivity index (χ4n) is 2.94. The van der Waals surface area contributed by atoms with Crippen molar-refractivity contribution in [2.75, 3.05) is 12.0 Å². The van der Waals surface area contributed by atoms with Gasteiger partial charge in [-0.15, -0.1) is 0 Å². The van der Waals surface area contributed by atoms with Crippen molar-refractivity contribution in [2.24, 2.45) is 0 Å². The summed E-state index contributed by atoms with van der Waals surface area (Å²) in [6.07, 6.45) is 0.717. The van der Waals surface area contributed by atoms with Gasteiger partial charge in [-0.2, -0.15) is 0 Å². The molecule has 0 aromatic carbocycles. The number of anilines is 1. The average Bonchev–Trinajstić information content (AvgIpc) is 2.52. The second kappa shape index (κ2) is 7.51. The zero-order valence-electron chi connectivity index (χ0n) is 14.8. The molecular formula is C17H25N3O4.